The van der Waals surface area contributed by atoms with Crippen LogP contribution in [-0.2, 0) is 9.59 Å². The molecule has 0 spiro atoms. The lowest BCUT2D eigenvalue weighted by Crippen LogP contribution is -2.44. The van der Waals surface area contributed by atoms with Crippen LogP contribution in [0.25, 0.3) is 0 Å². The molecule has 1 amide bonds. The molecule has 0 aliphatic carbocycles. The minimum Gasteiger partial charge on any atom is -0.481 e. The predicted octanol–water partition coefficient (Wildman–Crippen LogP) is 2.33. The molecule has 0 bridgehead atoms. The quantitative estimate of drug-likeness (QED) is 0.842. The first-order chi connectivity index (χ1) is 11.8. The maximum Gasteiger partial charge on any atom is 0.422 e. The molecule has 25 heavy (non-hydrogen) atoms. The highest BCUT2D eigenvalue weighted by Gasteiger charge is 2.30. The Labute approximate surface area is 142 Å². The number of rotatable bonds is 6. The Morgan fingerprint density at radius 1 is 1.20 bits per heavy atom. The van der Waals surface area contributed by atoms with Crippen molar-refractivity contribution in [3.8, 4) is 11.5 Å². The number of ether oxygens (including phenoxy) is 2. The van der Waals surface area contributed by atoms with E-state index in [9.17, 15) is 22.8 Å². The Morgan fingerprint density at radius 2 is 1.84 bits per heavy atom. The second-order valence-corrected chi connectivity index (χ2v) is 5.66. The summed E-state index contributed by atoms with van der Waals surface area (Å²) in [6.45, 7) is -1.34. The topological polar surface area (TPSA) is 76.1 Å². The average Bonchev–Trinajstić information content (AvgIpc) is 2.58. The number of carbonyl (C=O) groups is 2. The number of carboxylic acids is 1. The van der Waals surface area contributed by atoms with Gasteiger partial charge in [-0.1, -0.05) is 12.1 Å². The average molecular weight is 361 g/mol. The molecule has 138 valence electrons. The number of hydrogen-bond donors (Lipinski definition) is 1. The van der Waals surface area contributed by atoms with Crippen molar-refractivity contribution in [1.29, 1.82) is 0 Å². The van der Waals surface area contributed by atoms with Gasteiger partial charge in [-0.3, -0.25) is 9.59 Å². The van der Waals surface area contributed by atoms with E-state index in [1.807, 2.05) is 0 Å². The fourth-order valence-corrected chi connectivity index (χ4v) is 2.48. The van der Waals surface area contributed by atoms with Gasteiger partial charge in [-0.05, 0) is 25.0 Å². The van der Waals surface area contributed by atoms with E-state index in [-0.39, 0.29) is 18.0 Å². The molecule has 1 N–H and O–H groups in total. The summed E-state index contributed by atoms with van der Waals surface area (Å²) in [7, 11) is 0. The lowest BCUT2D eigenvalue weighted by atomic mass is 9.98. The van der Waals surface area contributed by atoms with Gasteiger partial charge in [-0.15, -0.1) is 0 Å². The van der Waals surface area contributed by atoms with E-state index in [0.29, 0.717) is 19.4 Å². The minimum absolute atomic E-state index is 0.0203. The van der Waals surface area contributed by atoms with E-state index in [0.717, 1.165) is 0 Å². The van der Waals surface area contributed by atoms with E-state index in [4.69, 9.17) is 9.84 Å². The van der Waals surface area contributed by atoms with Crippen LogP contribution in [0.2, 0.25) is 0 Å². The molecule has 1 atom stereocenters. The van der Waals surface area contributed by atoms with Crippen molar-refractivity contribution in [3.05, 3.63) is 24.3 Å². The van der Waals surface area contributed by atoms with E-state index in [1.165, 1.54) is 23.1 Å². The van der Waals surface area contributed by atoms with Crippen molar-refractivity contribution >= 4 is 11.9 Å². The lowest BCUT2D eigenvalue weighted by Gasteiger charge is -2.30. The van der Waals surface area contributed by atoms with Crippen LogP contribution in [0.3, 0.4) is 0 Å². The first-order valence-electron chi connectivity index (χ1n) is 7.68. The zero-order chi connectivity index (χ0) is 18.4. The Kier molecular flexibility index (Phi) is 6.11. The normalized spacial score (nSPS) is 17.9. The largest absolute Gasteiger partial charge is 0.481 e. The van der Waals surface area contributed by atoms with Gasteiger partial charge in [0.2, 0.25) is 0 Å². The van der Waals surface area contributed by atoms with Gasteiger partial charge in [0.25, 0.3) is 5.91 Å². The first kappa shape index (κ1) is 18.9. The third-order valence-corrected chi connectivity index (χ3v) is 3.71. The fraction of sp³-hybridized carbons (Fsp3) is 0.500. The number of hydrogen-bond acceptors (Lipinski definition) is 4. The number of carbonyl (C=O) groups excluding carboxylic acids is 1. The number of nitrogens with zero attached hydrogens (tertiary/aromatic N) is 1. The number of piperidine rings is 1. The highest BCUT2D eigenvalue weighted by Crippen LogP contribution is 2.28. The second kappa shape index (κ2) is 8.09. The van der Waals surface area contributed by atoms with E-state index >= 15 is 0 Å². The minimum atomic E-state index is -4.48. The molecular formula is C16H18F3NO5. The zero-order valence-corrected chi connectivity index (χ0v) is 13.3. The van der Waals surface area contributed by atoms with Crippen LogP contribution >= 0.6 is 0 Å². The van der Waals surface area contributed by atoms with Crippen LogP contribution in [0.1, 0.15) is 12.8 Å². The molecule has 1 aromatic carbocycles. The highest BCUT2D eigenvalue weighted by molar-refractivity contribution is 5.79. The smallest absolute Gasteiger partial charge is 0.422 e. The van der Waals surface area contributed by atoms with Crippen molar-refractivity contribution in [2.75, 3.05) is 26.3 Å². The lowest BCUT2D eigenvalue weighted by molar-refractivity contribution is -0.154. The molecule has 2 rings (SSSR count). The zero-order valence-electron chi connectivity index (χ0n) is 13.3. The summed E-state index contributed by atoms with van der Waals surface area (Å²) in [5.41, 5.74) is 0. The molecule has 0 unspecified atom stereocenters. The maximum absolute atomic E-state index is 12.3. The van der Waals surface area contributed by atoms with Crippen molar-refractivity contribution in [3.63, 3.8) is 0 Å². The molecule has 0 aromatic heterocycles. The Balaban J connectivity index is 1.92. The van der Waals surface area contributed by atoms with Gasteiger partial charge in [0.05, 0.1) is 5.92 Å². The fourth-order valence-electron chi connectivity index (χ4n) is 2.48. The summed E-state index contributed by atoms with van der Waals surface area (Å²) in [4.78, 5) is 24.6. The predicted molar refractivity (Wildman–Crippen MR) is 80.4 cm³/mol. The molecule has 6 nitrogen and oxygen atoms in total. The van der Waals surface area contributed by atoms with Crippen LogP contribution < -0.4 is 9.47 Å². The molecule has 1 saturated heterocycles. The summed E-state index contributed by atoms with van der Waals surface area (Å²) in [5.74, 6) is -2.08. The molecule has 1 heterocycles. The van der Waals surface area contributed by atoms with Gasteiger partial charge in [0, 0.05) is 13.1 Å². The molecule has 1 fully saturated rings. The Morgan fingerprint density at radius 3 is 2.44 bits per heavy atom. The van der Waals surface area contributed by atoms with Gasteiger partial charge >= 0.3 is 12.1 Å². The number of alkyl halides is 3. The van der Waals surface area contributed by atoms with E-state index in [1.54, 1.807) is 6.07 Å². The van der Waals surface area contributed by atoms with Gasteiger partial charge < -0.3 is 19.5 Å². The molecule has 1 aliphatic heterocycles. The Bertz CT molecular complexity index is 620. The maximum atomic E-state index is 12.3. The molecular weight excluding hydrogens is 343 g/mol. The van der Waals surface area contributed by atoms with E-state index < -0.39 is 37.2 Å². The number of benzene rings is 1. The van der Waals surface area contributed by atoms with Crippen LogP contribution in [0.4, 0.5) is 13.2 Å². The number of amides is 1. The SMILES string of the molecule is O=C(O)[C@H]1CCCN(C(=O)COc2ccccc2OCC(F)(F)F)C1. The number of likely N-dealkylation sites (tertiary alicyclic amines) is 1. The second-order valence-electron chi connectivity index (χ2n) is 5.66. The van der Waals surface area contributed by atoms with Crippen LogP contribution in [0.5, 0.6) is 11.5 Å². The van der Waals surface area contributed by atoms with E-state index in [2.05, 4.69) is 4.74 Å². The summed E-state index contributed by atoms with van der Waals surface area (Å²) in [6.07, 6.45) is -3.40. The van der Waals surface area contributed by atoms with Crippen LogP contribution in [0.15, 0.2) is 24.3 Å². The molecule has 0 saturated carbocycles. The molecule has 0 radical (unpaired) electrons. The number of aliphatic carboxylic acids is 1. The number of para-hydroxylation sites is 2. The first-order valence-corrected chi connectivity index (χ1v) is 7.68. The van der Waals surface area contributed by atoms with Crippen LogP contribution in [0, 0.1) is 5.92 Å². The molecule has 1 aromatic rings. The van der Waals surface area contributed by atoms with Crippen molar-refractivity contribution in [2.45, 2.75) is 19.0 Å². The third-order valence-electron chi connectivity index (χ3n) is 3.71. The summed E-state index contributed by atoms with van der Waals surface area (Å²) in [6, 6.07) is 5.74. The Hall–Kier alpha value is -2.45. The monoisotopic (exact) mass is 361 g/mol. The van der Waals surface area contributed by atoms with Crippen molar-refractivity contribution in [1.82, 2.24) is 4.90 Å². The summed E-state index contributed by atoms with van der Waals surface area (Å²) < 4.78 is 46.7. The number of halogens is 3. The summed E-state index contributed by atoms with van der Waals surface area (Å²) >= 11 is 0. The highest BCUT2D eigenvalue weighted by atomic mass is 19.4. The third kappa shape index (κ3) is 5.84. The molecule has 1 aliphatic rings. The summed E-state index contributed by atoms with van der Waals surface area (Å²) in [5, 5.41) is 9.03. The van der Waals surface area contributed by atoms with Crippen LogP contribution in [-0.4, -0.2) is 54.4 Å². The van der Waals surface area contributed by atoms with Gasteiger partial charge in [0.15, 0.2) is 24.7 Å². The van der Waals surface area contributed by atoms with Gasteiger partial charge in [-0.2, -0.15) is 13.2 Å². The number of carboxylic acid groups (broad SMARTS) is 1. The van der Waals surface area contributed by atoms with Crippen molar-refractivity contribution < 1.29 is 37.3 Å². The standard InChI is InChI=1S/C16H18F3NO5/c17-16(18,19)10-25-13-6-2-1-5-12(13)24-9-14(21)20-7-3-4-11(8-20)15(22)23/h1-2,5-6,11H,3-4,7-10H2,(H,22,23)/t11-/m0/s1. The van der Waals surface area contributed by atoms with Crippen molar-refractivity contribution in [2.24, 2.45) is 5.92 Å². The van der Waals surface area contributed by atoms with Gasteiger partial charge in [0.1, 0.15) is 0 Å². The molecule has 9 heteroatoms. The van der Waals surface area contributed by atoms with Gasteiger partial charge in [-0.25, -0.2) is 0 Å².